The summed E-state index contributed by atoms with van der Waals surface area (Å²) in [6.07, 6.45) is 0. The molecule has 3 heteroatoms. The minimum absolute atomic E-state index is 0.126. The van der Waals surface area contributed by atoms with Crippen LogP contribution in [0, 0.1) is 6.92 Å². The van der Waals surface area contributed by atoms with Crippen LogP contribution in [-0.2, 0) is 0 Å². The van der Waals surface area contributed by atoms with Crippen LogP contribution in [0.25, 0.3) is 20.2 Å². The number of rotatable bonds is 2. The number of nitrogens with one attached hydrogen (secondary N) is 1. The zero-order valence-corrected chi connectivity index (χ0v) is 12.7. The number of hydrogen-bond donors (Lipinski definition) is 1. The van der Waals surface area contributed by atoms with Crippen molar-refractivity contribution in [1.82, 2.24) is 0 Å². The van der Waals surface area contributed by atoms with Crippen molar-refractivity contribution in [1.29, 1.82) is 0 Å². The van der Waals surface area contributed by atoms with Crippen LogP contribution in [0.1, 0.15) is 19.4 Å². The SMILES string of the molecule is Cc1cc2sc3ccccc3c(=O)c2cc1NC(C)C. The van der Waals surface area contributed by atoms with Crippen molar-refractivity contribution in [3.63, 3.8) is 0 Å². The van der Waals surface area contributed by atoms with E-state index in [4.69, 9.17) is 0 Å². The molecule has 0 atom stereocenters. The molecule has 2 aromatic carbocycles. The molecule has 0 aliphatic rings. The molecule has 20 heavy (non-hydrogen) atoms. The van der Waals surface area contributed by atoms with Crippen LogP contribution < -0.4 is 10.7 Å². The maximum Gasteiger partial charge on any atom is 0.195 e. The van der Waals surface area contributed by atoms with Gasteiger partial charge in [-0.2, -0.15) is 0 Å². The van der Waals surface area contributed by atoms with Crippen molar-refractivity contribution in [3.05, 3.63) is 52.2 Å². The van der Waals surface area contributed by atoms with Gasteiger partial charge in [0.05, 0.1) is 0 Å². The van der Waals surface area contributed by atoms with Gasteiger partial charge in [-0.05, 0) is 50.6 Å². The Kier molecular flexibility index (Phi) is 3.22. The van der Waals surface area contributed by atoms with Crippen molar-refractivity contribution in [2.75, 3.05) is 5.32 Å². The molecule has 1 heterocycles. The van der Waals surface area contributed by atoms with Crippen LogP contribution in [-0.4, -0.2) is 6.04 Å². The first kappa shape index (κ1) is 13.1. The van der Waals surface area contributed by atoms with Crippen molar-refractivity contribution in [2.45, 2.75) is 26.8 Å². The second-order valence-corrected chi connectivity index (χ2v) is 6.47. The van der Waals surface area contributed by atoms with Crippen LogP contribution in [0.5, 0.6) is 0 Å². The molecule has 1 aromatic heterocycles. The zero-order valence-electron chi connectivity index (χ0n) is 11.9. The Balaban J connectivity index is 2.35. The molecule has 0 fully saturated rings. The van der Waals surface area contributed by atoms with Gasteiger partial charge in [0.1, 0.15) is 0 Å². The normalized spacial score (nSPS) is 11.4. The highest BCUT2D eigenvalue weighted by molar-refractivity contribution is 7.24. The summed E-state index contributed by atoms with van der Waals surface area (Å²) in [4.78, 5) is 12.6. The quantitative estimate of drug-likeness (QED) is 0.699. The molecule has 0 aliphatic heterocycles. The molecule has 0 unspecified atom stereocenters. The van der Waals surface area contributed by atoms with Crippen LogP contribution in [0.15, 0.2) is 41.2 Å². The highest BCUT2D eigenvalue weighted by Gasteiger charge is 2.09. The molecule has 0 amide bonds. The van der Waals surface area contributed by atoms with Crippen LogP contribution in [0.2, 0.25) is 0 Å². The summed E-state index contributed by atoms with van der Waals surface area (Å²) < 4.78 is 2.11. The van der Waals surface area contributed by atoms with E-state index < -0.39 is 0 Å². The fraction of sp³-hybridized carbons (Fsp3) is 0.235. The molecule has 3 rings (SSSR count). The van der Waals surface area contributed by atoms with Crippen molar-refractivity contribution in [3.8, 4) is 0 Å². The average Bonchev–Trinajstić information content (AvgIpc) is 2.40. The molecule has 0 spiro atoms. The van der Waals surface area contributed by atoms with Gasteiger partial charge in [-0.25, -0.2) is 0 Å². The lowest BCUT2D eigenvalue weighted by Crippen LogP contribution is -2.11. The van der Waals surface area contributed by atoms with Crippen LogP contribution >= 0.6 is 11.3 Å². The molecule has 102 valence electrons. The van der Waals surface area contributed by atoms with Crippen molar-refractivity contribution >= 4 is 37.2 Å². The summed E-state index contributed by atoms with van der Waals surface area (Å²) in [5.41, 5.74) is 2.35. The maximum absolute atomic E-state index is 12.6. The van der Waals surface area contributed by atoms with E-state index in [9.17, 15) is 4.79 Å². The Labute approximate surface area is 122 Å². The summed E-state index contributed by atoms with van der Waals surface area (Å²) in [6.45, 7) is 6.28. The lowest BCUT2D eigenvalue weighted by molar-refractivity contribution is 0.898. The van der Waals surface area contributed by atoms with E-state index in [0.717, 1.165) is 25.9 Å². The van der Waals surface area contributed by atoms with Crippen molar-refractivity contribution < 1.29 is 0 Å². The average molecular weight is 283 g/mol. The number of anilines is 1. The van der Waals surface area contributed by atoms with Crippen LogP contribution in [0.4, 0.5) is 5.69 Å². The molecule has 2 nitrogen and oxygen atoms in total. The highest BCUT2D eigenvalue weighted by Crippen LogP contribution is 2.29. The van der Waals surface area contributed by atoms with E-state index in [1.54, 1.807) is 11.3 Å². The molecule has 1 N–H and O–H groups in total. The Morgan fingerprint density at radius 1 is 1.05 bits per heavy atom. The minimum atomic E-state index is 0.126. The van der Waals surface area contributed by atoms with Gasteiger partial charge in [-0.3, -0.25) is 4.79 Å². The Hall–Kier alpha value is -1.87. The Morgan fingerprint density at radius 2 is 1.80 bits per heavy atom. The van der Waals surface area contributed by atoms with Gasteiger partial charge in [0.15, 0.2) is 5.43 Å². The number of hydrogen-bond acceptors (Lipinski definition) is 3. The van der Waals surface area contributed by atoms with Crippen LogP contribution in [0.3, 0.4) is 0 Å². The second kappa shape index (κ2) is 4.91. The Bertz CT molecular complexity index is 849. The van der Waals surface area contributed by atoms with E-state index in [0.29, 0.717) is 6.04 Å². The summed E-state index contributed by atoms with van der Waals surface area (Å²) in [5.74, 6) is 0. The van der Waals surface area contributed by atoms with E-state index in [1.165, 1.54) is 5.56 Å². The number of benzene rings is 2. The zero-order chi connectivity index (χ0) is 14.3. The summed E-state index contributed by atoms with van der Waals surface area (Å²) in [7, 11) is 0. The summed E-state index contributed by atoms with van der Waals surface area (Å²) in [5, 5.41) is 5.02. The Morgan fingerprint density at radius 3 is 2.55 bits per heavy atom. The third-order valence-corrected chi connectivity index (χ3v) is 4.50. The molecule has 3 aromatic rings. The summed E-state index contributed by atoms with van der Waals surface area (Å²) in [6, 6.07) is 12.3. The standard InChI is InChI=1S/C17H17NOS/c1-10(2)18-14-9-13-16(8-11(14)3)20-15-7-5-4-6-12(15)17(13)19/h4-10,18H,1-3H3. The minimum Gasteiger partial charge on any atom is -0.383 e. The molecular weight excluding hydrogens is 266 g/mol. The highest BCUT2D eigenvalue weighted by atomic mass is 32.1. The first-order valence-electron chi connectivity index (χ1n) is 6.79. The third kappa shape index (κ3) is 2.18. The lowest BCUT2D eigenvalue weighted by atomic mass is 10.1. The van der Waals surface area contributed by atoms with E-state index in [-0.39, 0.29) is 5.43 Å². The molecule has 0 bridgehead atoms. The number of aryl methyl sites for hydroxylation is 1. The predicted octanol–water partition coefficient (Wildman–Crippen LogP) is 4.54. The topological polar surface area (TPSA) is 29.1 Å². The van der Waals surface area contributed by atoms with Gasteiger partial charge in [-0.1, -0.05) is 12.1 Å². The van der Waals surface area contributed by atoms with E-state index in [1.807, 2.05) is 30.3 Å². The molecule has 0 saturated heterocycles. The third-order valence-electron chi connectivity index (χ3n) is 3.37. The molecular formula is C17H17NOS. The number of fused-ring (bicyclic) bond motifs is 2. The molecule has 0 radical (unpaired) electrons. The maximum atomic E-state index is 12.6. The fourth-order valence-electron chi connectivity index (χ4n) is 2.42. The first-order chi connectivity index (χ1) is 9.56. The van der Waals surface area contributed by atoms with Gasteiger partial charge in [0, 0.05) is 31.9 Å². The van der Waals surface area contributed by atoms with Gasteiger partial charge in [0.25, 0.3) is 0 Å². The largest absolute Gasteiger partial charge is 0.383 e. The fourth-order valence-corrected chi connectivity index (χ4v) is 3.57. The van der Waals surface area contributed by atoms with Gasteiger partial charge >= 0.3 is 0 Å². The first-order valence-corrected chi connectivity index (χ1v) is 7.60. The van der Waals surface area contributed by atoms with Crippen molar-refractivity contribution in [2.24, 2.45) is 0 Å². The lowest BCUT2D eigenvalue weighted by Gasteiger charge is -2.14. The summed E-state index contributed by atoms with van der Waals surface area (Å²) >= 11 is 1.68. The molecule has 0 saturated carbocycles. The second-order valence-electron chi connectivity index (χ2n) is 5.39. The van der Waals surface area contributed by atoms with Gasteiger partial charge in [-0.15, -0.1) is 11.3 Å². The monoisotopic (exact) mass is 283 g/mol. The van der Waals surface area contributed by atoms with E-state index in [2.05, 4.69) is 32.2 Å². The predicted molar refractivity (Wildman–Crippen MR) is 89.1 cm³/mol. The van der Waals surface area contributed by atoms with Gasteiger partial charge in [0.2, 0.25) is 0 Å². The smallest absolute Gasteiger partial charge is 0.195 e. The van der Waals surface area contributed by atoms with E-state index >= 15 is 0 Å². The molecule has 0 aliphatic carbocycles. The van der Waals surface area contributed by atoms with Gasteiger partial charge < -0.3 is 5.32 Å².